The highest BCUT2D eigenvalue weighted by Crippen LogP contribution is 2.23. The first-order valence-corrected chi connectivity index (χ1v) is 7.43. The van der Waals surface area contributed by atoms with Crippen molar-refractivity contribution in [3.63, 3.8) is 0 Å². The first kappa shape index (κ1) is 15.4. The quantitative estimate of drug-likeness (QED) is 0.890. The van der Waals surface area contributed by atoms with Crippen LogP contribution >= 0.6 is 0 Å². The maximum atomic E-state index is 13.6. The molecule has 20 heavy (non-hydrogen) atoms. The minimum absolute atomic E-state index is 0.223. The van der Waals surface area contributed by atoms with Gasteiger partial charge >= 0.3 is 0 Å². The van der Waals surface area contributed by atoms with Gasteiger partial charge in [0.05, 0.1) is 5.60 Å². The number of benzene rings is 1. The zero-order chi connectivity index (χ0) is 14.6. The molecule has 1 aliphatic heterocycles. The molecular formula is C16H25FN2O. The molecule has 1 fully saturated rings. The number of hydrogen-bond donors (Lipinski definition) is 2. The minimum Gasteiger partial charge on any atom is -0.390 e. The van der Waals surface area contributed by atoms with Crippen LogP contribution in [-0.4, -0.2) is 35.2 Å². The van der Waals surface area contributed by atoms with Crippen molar-refractivity contribution < 1.29 is 9.50 Å². The maximum Gasteiger partial charge on any atom is 0.127 e. The van der Waals surface area contributed by atoms with Gasteiger partial charge < -0.3 is 15.7 Å². The average Bonchev–Trinajstić information content (AvgIpc) is 2.57. The summed E-state index contributed by atoms with van der Waals surface area (Å²) in [5, 5.41) is 10.1. The molecule has 0 spiro atoms. The van der Waals surface area contributed by atoms with Crippen molar-refractivity contribution in [3.8, 4) is 0 Å². The van der Waals surface area contributed by atoms with Gasteiger partial charge in [-0.1, -0.05) is 18.2 Å². The second-order valence-corrected chi connectivity index (χ2v) is 6.11. The van der Waals surface area contributed by atoms with Crippen molar-refractivity contribution >= 4 is 0 Å². The Morgan fingerprint density at radius 2 is 2.10 bits per heavy atom. The molecule has 0 aliphatic carbocycles. The summed E-state index contributed by atoms with van der Waals surface area (Å²) in [4.78, 5) is 2.32. The van der Waals surface area contributed by atoms with Crippen LogP contribution in [-0.2, 0) is 0 Å². The van der Waals surface area contributed by atoms with E-state index in [1.165, 1.54) is 6.07 Å². The third-order valence-electron chi connectivity index (χ3n) is 4.22. The van der Waals surface area contributed by atoms with Gasteiger partial charge in [-0.15, -0.1) is 0 Å². The lowest BCUT2D eigenvalue weighted by molar-refractivity contribution is 0.0446. The summed E-state index contributed by atoms with van der Waals surface area (Å²) in [7, 11) is 0. The minimum atomic E-state index is -0.539. The van der Waals surface area contributed by atoms with E-state index in [0.29, 0.717) is 5.56 Å². The van der Waals surface area contributed by atoms with Gasteiger partial charge in [-0.2, -0.15) is 0 Å². The molecule has 0 aromatic heterocycles. The van der Waals surface area contributed by atoms with Crippen LogP contribution in [0.15, 0.2) is 24.3 Å². The molecule has 2 unspecified atom stereocenters. The van der Waals surface area contributed by atoms with E-state index in [4.69, 9.17) is 5.73 Å². The van der Waals surface area contributed by atoms with E-state index in [1.807, 2.05) is 13.0 Å². The topological polar surface area (TPSA) is 49.5 Å². The molecule has 0 saturated carbocycles. The van der Waals surface area contributed by atoms with Crippen molar-refractivity contribution in [1.82, 2.24) is 4.90 Å². The maximum absolute atomic E-state index is 13.6. The fourth-order valence-electron chi connectivity index (χ4n) is 2.80. The van der Waals surface area contributed by atoms with Crippen LogP contribution in [0.25, 0.3) is 0 Å². The Kier molecular flexibility index (Phi) is 5.13. The smallest absolute Gasteiger partial charge is 0.127 e. The van der Waals surface area contributed by atoms with Crippen molar-refractivity contribution in [2.24, 2.45) is 5.73 Å². The molecular weight excluding hydrogens is 255 g/mol. The van der Waals surface area contributed by atoms with Crippen LogP contribution in [0.3, 0.4) is 0 Å². The van der Waals surface area contributed by atoms with E-state index in [1.54, 1.807) is 12.1 Å². The van der Waals surface area contributed by atoms with Gasteiger partial charge in [0.15, 0.2) is 0 Å². The van der Waals surface area contributed by atoms with Crippen LogP contribution in [0.4, 0.5) is 4.39 Å². The van der Waals surface area contributed by atoms with E-state index in [-0.39, 0.29) is 11.9 Å². The van der Waals surface area contributed by atoms with Crippen LogP contribution in [0.5, 0.6) is 0 Å². The van der Waals surface area contributed by atoms with E-state index >= 15 is 0 Å². The van der Waals surface area contributed by atoms with E-state index in [0.717, 1.165) is 45.3 Å². The highest BCUT2D eigenvalue weighted by molar-refractivity contribution is 5.20. The number of rotatable bonds is 4. The lowest BCUT2D eigenvalue weighted by atomic mass is 9.98. The fourth-order valence-corrected chi connectivity index (χ4v) is 2.80. The van der Waals surface area contributed by atoms with Gasteiger partial charge in [0.1, 0.15) is 5.82 Å². The molecule has 1 aliphatic rings. The van der Waals surface area contributed by atoms with Crippen molar-refractivity contribution in [2.45, 2.75) is 44.2 Å². The van der Waals surface area contributed by atoms with Crippen molar-refractivity contribution in [3.05, 3.63) is 35.6 Å². The molecule has 1 saturated heterocycles. The lowest BCUT2D eigenvalue weighted by Gasteiger charge is -2.23. The molecule has 0 bridgehead atoms. The number of nitrogens with zero attached hydrogens (tertiary/aromatic N) is 1. The molecule has 1 heterocycles. The van der Waals surface area contributed by atoms with E-state index in [2.05, 4.69) is 4.90 Å². The summed E-state index contributed by atoms with van der Waals surface area (Å²) in [6, 6.07) is 6.45. The Labute approximate surface area is 120 Å². The molecule has 112 valence electrons. The fraction of sp³-hybridized carbons (Fsp3) is 0.625. The average molecular weight is 280 g/mol. The molecule has 2 atom stereocenters. The molecule has 1 aromatic rings. The van der Waals surface area contributed by atoms with Crippen LogP contribution in [0, 0.1) is 5.82 Å². The van der Waals surface area contributed by atoms with Crippen molar-refractivity contribution in [1.29, 1.82) is 0 Å². The summed E-state index contributed by atoms with van der Waals surface area (Å²) in [5.74, 6) is -0.223. The molecule has 3 N–H and O–H groups in total. The predicted octanol–water partition coefficient (Wildman–Crippen LogP) is 2.45. The number of nitrogens with two attached hydrogens (primary N) is 1. The Balaban J connectivity index is 1.84. The SMILES string of the molecule is CC1(O)CCCN(CCC(N)c2ccccc2F)CC1. The van der Waals surface area contributed by atoms with Crippen LogP contribution in [0.1, 0.15) is 44.2 Å². The van der Waals surface area contributed by atoms with Gasteiger partial charge in [-0.05, 0) is 51.8 Å². The van der Waals surface area contributed by atoms with E-state index < -0.39 is 5.60 Å². The molecule has 0 radical (unpaired) electrons. The first-order chi connectivity index (χ1) is 9.48. The summed E-state index contributed by atoms with van der Waals surface area (Å²) >= 11 is 0. The van der Waals surface area contributed by atoms with Crippen LogP contribution < -0.4 is 5.73 Å². The predicted molar refractivity (Wildman–Crippen MR) is 78.9 cm³/mol. The Morgan fingerprint density at radius 1 is 1.35 bits per heavy atom. The largest absolute Gasteiger partial charge is 0.390 e. The lowest BCUT2D eigenvalue weighted by Crippen LogP contribution is -2.30. The highest BCUT2D eigenvalue weighted by atomic mass is 19.1. The number of likely N-dealkylation sites (tertiary alicyclic amines) is 1. The summed E-state index contributed by atoms with van der Waals surface area (Å²) in [5.41, 5.74) is 6.14. The molecule has 1 aromatic carbocycles. The third kappa shape index (κ3) is 4.27. The van der Waals surface area contributed by atoms with Crippen molar-refractivity contribution in [2.75, 3.05) is 19.6 Å². The number of hydrogen-bond acceptors (Lipinski definition) is 3. The molecule has 2 rings (SSSR count). The second kappa shape index (κ2) is 6.66. The van der Waals surface area contributed by atoms with Gasteiger partial charge in [-0.25, -0.2) is 4.39 Å². The molecule has 4 heteroatoms. The zero-order valence-electron chi connectivity index (χ0n) is 12.2. The van der Waals surface area contributed by atoms with Gasteiger partial charge in [0.25, 0.3) is 0 Å². The summed E-state index contributed by atoms with van der Waals surface area (Å²) in [6.45, 7) is 4.63. The van der Waals surface area contributed by atoms with Gasteiger partial charge in [0, 0.05) is 18.2 Å². The first-order valence-electron chi connectivity index (χ1n) is 7.43. The van der Waals surface area contributed by atoms with Gasteiger partial charge in [-0.3, -0.25) is 0 Å². The molecule has 3 nitrogen and oxygen atoms in total. The van der Waals surface area contributed by atoms with Gasteiger partial charge in [0.2, 0.25) is 0 Å². The second-order valence-electron chi connectivity index (χ2n) is 6.11. The Morgan fingerprint density at radius 3 is 2.85 bits per heavy atom. The number of halogens is 1. The standard InChI is InChI=1S/C16H25FN2O/c1-16(20)8-4-10-19(12-9-16)11-7-15(18)13-5-2-3-6-14(13)17/h2-3,5-6,15,20H,4,7-12,18H2,1H3. The monoisotopic (exact) mass is 280 g/mol. The normalized spacial score (nSPS) is 26.2. The highest BCUT2D eigenvalue weighted by Gasteiger charge is 2.25. The Bertz CT molecular complexity index is 436. The number of aliphatic hydroxyl groups is 1. The Hall–Kier alpha value is -0.970. The zero-order valence-corrected chi connectivity index (χ0v) is 12.2. The van der Waals surface area contributed by atoms with Crippen LogP contribution in [0.2, 0.25) is 0 Å². The third-order valence-corrected chi connectivity index (χ3v) is 4.22. The van der Waals surface area contributed by atoms with E-state index in [9.17, 15) is 9.50 Å². The summed E-state index contributed by atoms with van der Waals surface area (Å²) < 4.78 is 13.6. The summed E-state index contributed by atoms with van der Waals surface area (Å²) in [6.07, 6.45) is 3.38. The molecule has 0 amide bonds.